The summed E-state index contributed by atoms with van der Waals surface area (Å²) >= 11 is 0. The summed E-state index contributed by atoms with van der Waals surface area (Å²) in [5.41, 5.74) is 0. The van der Waals surface area contributed by atoms with Gasteiger partial charge in [-0.15, -0.1) is 0 Å². The Labute approximate surface area is 116 Å². The normalized spacial score (nSPS) is 20.5. The SMILES string of the molecule is CC(C)C(C(C)C)C(C)CCCC(C)C1CCC1. The van der Waals surface area contributed by atoms with Crippen molar-refractivity contribution in [3.05, 3.63) is 0 Å². The van der Waals surface area contributed by atoms with Gasteiger partial charge in [0.1, 0.15) is 0 Å². The Morgan fingerprint density at radius 3 is 1.78 bits per heavy atom. The molecule has 18 heavy (non-hydrogen) atoms. The van der Waals surface area contributed by atoms with Crippen molar-refractivity contribution in [2.75, 3.05) is 0 Å². The third-order valence-electron chi connectivity index (χ3n) is 5.47. The van der Waals surface area contributed by atoms with Gasteiger partial charge in [0.15, 0.2) is 0 Å². The van der Waals surface area contributed by atoms with Crippen molar-refractivity contribution in [1.29, 1.82) is 0 Å². The smallest absolute Gasteiger partial charge is 0.0342 e. The molecule has 0 aromatic rings. The molecule has 1 aliphatic carbocycles. The maximum absolute atomic E-state index is 2.48. The molecule has 1 fully saturated rings. The van der Waals surface area contributed by atoms with Crippen LogP contribution in [0.4, 0.5) is 0 Å². The zero-order chi connectivity index (χ0) is 13.7. The van der Waals surface area contributed by atoms with E-state index in [4.69, 9.17) is 0 Å². The van der Waals surface area contributed by atoms with Gasteiger partial charge in [0, 0.05) is 0 Å². The number of rotatable bonds is 8. The van der Waals surface area contributed by atoms with Crippen molar-refractivity contribution in [2.24, 2.45) is 35.5 Å². The van der Waals surface area contributed by atoms with Crippen LogP contribution in [0.2, 0.25) is 0 Å². The molecule has 1 aliphatic rings. The van der Waals surface area contributed by atoms with Crippen molar-refractivity contribution in [2.45, 2.75) is 80.1 Å². The van der Waals surface area contributed by atoms with Gasteiger partial charge in [-0.3, -0.25) is 0 Å². The van der Waals surface area contributed by atoms with Gasteiger partial charge >= 0.3 is 0 Å². The van der Waals surface area contributed by atoms with Crippen molar-refractivity contribution in [1.82, 2.24) is 0 Å². The Balaban J connectivity index is 2.24. The van der Waals surface area contributed by atoms with E-state index in [1.807, 2.05) is 0 Å². The van der Waals surface area contributed by atoms with Crippen LogP contribution in [0.1, 0.15) is 80.1 Å². The first-order valence-corrected chi connectivity index (χ1v) is 8.43. The summed E-state index contributed by atoms with van der Waals surface area (Å²) in [7, 11) is 0. The molecule has 0 heterocycles. The molecule has 0 aromatic carbocycles. The van der Waals surface area contributed by atoms with Gasteiger partial charge in [-0.1, -0.05) is 80.1 Å². The molecule has 2 atom stereocenters. The zero-order valence-corrected chi connectivity index (χ0v) is 13.7. The van der Waals surface area contributed by atoms with E-state index in [-0.39, 0.29) is 0 Å². The van der Waals surface area contributed by atoms with E-state index in [0.717, 1.165) is 35.5 Å². The van der Waals surface area contributed by atoms with Crippen molar-refractivity contribution in [3.8, 4) is 0 Å². The van der Waals surface area contributed by atoms with E-state index in [9.17, 15) is 0 Å². The molecule has 0 bridgehead atoms. The molecule has 0 nitrogen and oxygen atoms in total. The minimum Gasteiger partial charge on any atom is -0.0625 e. The summed E-state index contributed by atoms with van der Waals surface area (Å²) in [4.78, 5) is 0. The summed E-state index contributed by atoms with van der Waals surface area (Å²) in [6.07, 6.45) is 8.88. The number of hydrogen-bond donors (Lipinski definition) is 0. The molecule has 0 radical (unpaired) electrons. The van der Waals surface area contributed by atoms with Gasteiger partial charge in [0.2, 0.25) is 0 Å². The topological polar surface area (TPSA) is 0 Å². The highest BCUT2D eigenvalue weighted by Gasteiger charge is 2.26. The lowest BCUT2D eigenvalue weighted by Gasteiger charge is -2.33. The summed E-state index contributed by atoms with van der Waals surface area (Å²) in [6, 6.07) is 0. The van der Waals surface area contributed by atoms with Gasteiger partial charge in [-0.05, 0) is 35.5 Å². The van der Waals surface area contributed by atoms with Crippen LogP contribution in [0.25, 0.3) is 0 Å². The van der Waals surface area contributed by atoms with E-state index < -0.39 is 0 Å². The summed E-state index contributed by atoms with van der Waals surface area (Å²) < 4.78 is 0. The van der Waals surface area contributed by atoms with E-state index in [2.05, 4.69) is 41.5 Å². The first-order chi connectivity index (χ1) is 8.43. The largest absolute Gasteiger partial charge is 0.0625 e. The lowest BCUT2D eigenvalue weighted by molar-refractivity contribution is 0.172. The van der Waals surface area contributed by atoms with Crippen LogP contribution >= 0.6 is 0 Å². The van der Waals surface area contributed by atoms with Crippen LogP contribution in [-0.2, 0) is 0 Å². The molecule has 0 amide bonds. The lowest BCUT2D eigenvalue weighted by atomic mass is 9.72. The highest BCUT2D eigenvalue weighted by molar-refractivity contribution is 4.76. The highest BCUT2D eigenvalue weighted by Crippen LogP contribution is 2.37. The average Bonchev–Trinajstić information content (AvgIpc) is 2.12. The van der Waals surface area contributed by atoms with Gasteiger partial charge < -0.3 is 0 Å². The molecule has 0 N–H and O–H groups in total. The van der Waals surface area contributed by atoms with Crippen LogP contribution in [0.3, 0.4) is 0 Å². The minimum absolute atomic E-state index is 0.837. The predicted molar refractivity (Wildman–Crippen MR) is 82.7 cm³/mol. The molecular formula is C18H36. The van der Waals surface area contributed by atoms with Crippen LogP contribution in [0.15, 0.2) is 0 Å². The molecule has 108 valence electrons. The molecule has 0 aromatic heterocycles. The second kappa shape index (κ2) is 7.56. The van der Waals surface area contributed by atoms with Gasteiger partial charge in [0.25, 0.3) is 0 Å². The summed E-state index contributed by atoms with van der Waals surface area (Å²) in [5.74, 6) is 5.55. The van der Waals surface area contributed by atoms with Crippen molar-refractivity contribution >= 4 is 0 Å². The first kappa shape index (κ1) is 16.1. The maximum atomic E-state index is 2.48. The highest BCUT2D eigenvalue weighted by atomic mass is 14.3. The van der Waals surface area contributed by atoms with Crippen LogP contribution in [-0.4, -0.2) is 0 Å². The van der Waals surface area contributed by atoms with Crippen LogP contribution in [0.5, 0.6) is 0 Å². The van der Waals surface area contributed by atoms with Gasteiger partial charge in [-0.2, -0.15) is 0 Å². The molecule has 0 spiro atoms. The third-order valence-corrected chi connectivity index (χ3v) is 5.47. The molecule has 0 saturated heterocycles. The maximum Gasteiger partial charge on any atom is -0.0342 e. The fourth-order valence-electron chi connectivity index (χ4n) is 4.28. The van der Waals surface area contributed by atoms with Crippen LogP contribution in [0, 0.1) is 35.5 Å². The van der Waals surface area contributed by atoms with E-state index >= 15 is 0 Å². The molecule has 2 unspecified atom stereocenters. The Morgan fingerprint density at radius 1 is 0.833 bits per heavy atom. The third kappa shape index (κ3) is 4.59. The van der Waals surface area contributed by atoms with E-state index in [0.29, 0.717) is 0 Å². The Bertz CT molecular complexity index is 204. The second-order valence-electron chi connectivity index (χ2n) is 7.64. The van der Waals surface area contributed by atoms with Gasteiger partial charge in [0.05, 0.1) is 0 Å². The Kier molecular flexibility index (Phi) is 6.74. The van der Waals surface area contributed by atoms with Crippen molar-refractivity contribution in [3.63, 3.8) is 0 Å². The van der Waals surface area contributed by atoms with E-state index in [1.165, 1.54) is 38.5 Å². The minimum atomic E-state index is 0.837. The summed E-state index contributed by atoms with van der Waals surface area (Å²) in [6.45, 7) is 14.6. The fraction of sp³-hybridized carbons (Fsp3) is 1.00. The average molecular weight is 252 g/mol. The number of hydrogen-bond acceptors (Lipinski definition) is 0. The Morgan fingerprint density at radius 2 is 1.39 bits per heavy atom. The molecule has 0 heteroatoms. The first-order valence-electron chi connectivity index (χ1n) is 8.43. The summed E-state index contributed by atoms with van der Waals surface area (Å²) in [5, 5.41) is 0. The van der Waals surface area contributed by atoms with E-state index in [1.54, 1.807) is 0 Å². The molecule has 1 saturated carbocycles. The second-order valence-corrected chi connectivity index (χ2v) is 7.64. The van der Waals surface area contributed by atoms with Gasteiger partial charge in [-0.25, -0.2) is 0 Å². The zero-order valence-electron chi connectivity index (χ0n) is 13.7. The monoisotopic (exact) mass is 252 g/mol. The quantitative estimate of drug-likeness (QED) is 0.485. The Hall–Kier alpha value is 0. The predicted octanol–water partition coefficient (Wildman–Crippen LogP) is 6.16. The van der Waals surface area contributed by atoms with Crippen LogP contribution < -0.4 is 0 Å². The van der Waals surface area contributed by atoms with Crippen molar-refractivity contribution < 1.29 is 0 Å². The molecular weight excluding hydrogens is 216 g/mol. The lowest BCUT2D eigenvalue weighted by Crippen LogP contribution is -2.24. The standard InChI is InChI=1S/C18H36/c1-13(2)18(14(3)4)16(6)10-7-9-15(5)17-11-8-12-17/h13-18H,7-12H2,1-6H3. The fourth-order valence-corrected chi connectivity index (χ4v) is 4.28. The molecule has 0 aliphatic heterocycles. The molecule has 1 rings (SSSR count).